The molecule has 2 aromatic rings. The maximum absolute atomic E-state index is 6.14. The molecule has 114 valence electrons. The Balaban J connectivity index is 1.93. The maximum Gasteiger partial charge on any atom is 0.137 e. The highest BCUT2D eigenvalue weighted by molar-refractivity contribution is 5.43. The van der Waals surface area contributed by atoms with Crippen molar-refractivity contribution in [2.24, 2.45) is 5.73 Å². The smallest absolute Gasteiger partial charge is 0.137 e. The van der Waals surface area contributed by atoms with E-state index in [2.05, 4.69) is 34.3 Å². The number of nitrogens with zero attached hydrogens (tertiary/aromatic N) is 3. The fourth-order valence-corrected chi connectivity index (χ4v) is 3.15. The van der Waals surface area contributed by atoms with Crippen molar-refractivity contribution in [3.05, 3.63) is 35.8 Å². The summed E-state index contributed by atoms with van der Waals surface area (Å²) in [6, 6.07) is 6.12. The van der Waals surface area contributed by atoms with Gasteiger partial charge in [-0.25, -0.2) is 4.98 Å². The van der Waals surface area contributed by atoms with E-state index in [1.165, 1.54) is 5.69 Å². The second-order valence-electron chi connectivity index (χ2n) is 6.05. The Morgan fingerprint density at radius 1 is 1.33 bits per heavy atom. The van der Waals surface area contributed by atoms with Gasteiger partial charge >= 0.3 is 0 Å². The SMILES string of the molecule is Cc1nc2ccccn2c1CC(C)(CN)N1CCOCC1. The van der Waals surface area contributed by atoms with Gasteiger partial charge in [-0.2, -0.15) is 0 Å². The summed E-state index contributed by atoms with van der Waals surface area (Å²) in [5, 5.41) is 0. The minimum atomic E-state index is -0.0552. The van der Waals surface area contributed by atoms with Crippen LogP contribution in [0.25, 0.3) is 5.65 Å². The Hall–Kier alpha value is -1.43. The summed E-state index contributed by atoms with van der Waals surface area (Å²) >= 11 is 0. The van der Waals surface area contributed by atoms with Gasteiger partial charge < -0.3 is 14.9 Å². The zero-order chi connectivity index (χ0) is 14.9. The topological polar surface area (TPSA) is 55.8 Å². The van der Waals surface area contributed by atoms with E-state index in [1.54, 1.807) is 0 Å². The van der Waals surface area contributed by atoms with E-state index in [4.69, 9.17) is 10.5 Å². The lowest BCUT2D eigenvalue weighted by Gasteiger charge is -2.42. The first-order chi connectivity index (χ1) is 10.1. The fourth-order valence-electron chi connectivity index (χ4n) is 3.15. The lowest BCUT2D eigenvalue weighted by molar-refractivity contribution is -0.0136. The summed E-state index contributed by atoms with van der Waals surface area (Å²) < 4.78 is 7.65. The van der Waals surface area contributed by atoms with Gasteiger partial charge in [0.15, 0.2) is 0 Å². The van der Waals surface area contributed by atoms with Gasteiger partial charge in [0.25, 0.3) is 0 Å². The molecule has 1 unspecified atom stereocenters. The quantitative estimate of drug-likeness (QED) is 0.919. The first-order valence-corrected chi connectivity index (χ1v) is 7.59. The van der Waals surface area contributed by atoms with E-state index in [0.717, 1.165) is 44.1 Å². The Labute approximate surface area is 125 Å². The van der Waals surface area contributed by atoms with Crippen LogP contribution in [0.2, 0.25) is 0 Å². The number of pyridine rings is 1. The summed E-state index contributed by atoms with van der Waals surface area (Å²) in [6.45, 7) is 8.45. The van der Waals surface area contributed by atoms with Gasteiger partial charge in [0.05, 0.1) is 18.9 Å². The van der Waals surface area contributed by atoms with Crippen LogP contribution in [-0.2, 0) is 11.2 Å². The van der Waals surface area contributed by atoms with Gasteiger partial charge in [-0.3, -0.25) is 4.90 Å². The second-order valence-corrected chi connectivity index (χ2v) is 6.05. The third kappa shape index (κ3) is 2.69. The van der Waals surface area contributed by atoms with Crippen LogP contribution in [0.4, 0.5) is 0 Å². The fraction of sp³-hybridized carbons (Fsp3) is 0.562. The lowest BCUT2D eigenvalue weighted by Crippen LogP contribution is -2.57. The average Bonchev–Trinajstić information content (AvgIpc) is 2.84. The van der Waals surface area contributed by atoms with Crippen LogP contribution in [0, 0.1) is 6.92 Å². The van der Waals surface area contributed by atoms with Crippen LogP contribution < -0.4 is 5.73 Å². The van der Waals surface area contributed by atoms with E-state index in [-0.39, 0.29) is 5.54 Å². The molecule has 5 nitrogen and oxygen atoms in total. The lowest BCUT2D eigenvalue weighted by atomic mass is 9.92. The molecule has 1 fully saturated rings. The van der Waals surface area contributed by atoms with E-state index in [1.807, 2.05) is 18.2 Å². The van der Waals surface area contributed by atoms with Crippen LogP contribution in [0.15, 0.2) is 24.4 Å². The number of imidazole rings is 1. The van der Waals surface area contributed by atoms with Crippen LogP contribution in [-0.4, -0.2) is 52.7 Å². The largest absolute Gasteiger partial charge is 0.379 e. The predicted octanol–water partition coefficient (Wildman–Crippen LogP) is 1.23. The van der Waals surface area contributed by atoms with E-state index in [0.29, 0.717) is 6.54 Å². The van der Waals surface area contributed by atoms with Crippen molar-refractivity contribution < 1.29 is 4.74 Å². The molecule has 0 amide bonds. The molecule has 0 aromatic carbocycles. The van der Waals surface area contributed by atoms with Gasteiger partial charge in [0.2, 0.25) is 0 Å². The van der Waals surface area contributed by atoms with Crippen molar-refractivity contribution in [2.75, 3.05) is 32.8 Å². The van der Waals surface area contributed by atoms with Gasteiger partial charge in [-0.15, -0.1) is 0 Å². The number of nitrogens with two attached hydrogens (primary N) is 1. The number of aromatic nitrogens is 2. The normalized spacial score (nSPS) is 19.8. The number of fused-ring (bicyclic) bond motifs is 1. The Kier molecular flexibility index (Phi) is 3.97. The van der Waals surface area contributed by atoms with Crippen molar-refractivity contribution in [1.29, 1.82) is 0 Å². The molecule has 0 aliphatic carbocycles. The van der Waals surface area contributed by atoms with Crippen LogP contribution in [0.1, 0.15) is 18.3 Å². The number of rotatable bonds is 4. The van der Waals surface area contributed by atoms with E-state index in [9.17, 15) is 0 Å². The molecule has 3 rings (SSSR count). The summed E-state index contributed by atoms with van der Waals surface area (Å²) in [4.78, 5) is 7.11. The van der Waals surface area contributed by atoms with Crippen LogP contribution in [0.3, 0.4) is 0 Å². The van der Waals surface area contributed by atoms with Gasteiger partial charge in [-0.05, 0) is 26.0 Å². The van der Waals surface area contributed by atoms with E-state index < -0.39 is 0 Å². The predicted molar refractivity (Wildman–Crippen MR) is 83.5 cm³/mol. The monoisotopic (exact) mass is 288 g/mol. The van der Waals surface area contributed by atoms with Gasteiger partial charge in [0.1, 0.15) is 5.65 Å². The minimum absolute atomic E-state index is 0.0552. The molecule has 5 heteroatoms. The Bertz CT molecular complexity index is 618. The molecule has 0 saturated carbocycles. The van der Waals surface area contributed by atoms with Crippen molar-refractivity contribution in [3.8, 4) is 0 Å². The second kappa shape index (κ2) is 5.75. The highest BCUT2D eigenvalue weighted by atomic mass is 16.5. The molecule has 2 N–H and O–H groups in total. The Morgan fingerprint density at radius 2 is 2.10 bits per heavy atom. The molecule has 0 bridgehead atoms. The highest BCUT2D eigenvalue weighted by Crippen LogP contribution is 2.24. The molecule has 21 heavy (non-hydrogen) atoms. The molecular weight excluding hydrogens is 264 g/mol. The standard InChI is InChI=1S/C16H24N4O/c1-13-14(20-6-4-3-5-15(20)18-13)11-16(2,12-17)19-7-9-21-10-8-19/h3-6H,7-12,17H2,1-2H3. The molecule has 1 aliphatic heterocycles. The van der Waals surface area contributed by atoms with E-state index >= 15 is 0 Å². The number of hydrogen-bond donors (Lipinski definition) is 1. The zero-order valence-electron chi connectivity index (χ0n) is 12.9. The van der Waals surface area contributed by atoms with Gasteiger partial charge in [-0.1, -0.05) is 6.07 Å². The molecule has 0 radical (unpaired) electrons. The third-order valence-electron chi connectivity index (χ3n) is 4.59. The summed E-state index contributed by atoms with van der Waals surface area (Å²) in [7, 11) is 0. The molecule has 1 atom stereocenters. The number of hydrogen-bond acceptors (Lipinski definition) is 4. The minimum Gasteiger partial charge on any atom is -0.379 e. The molecular formula is C16H24N4O. The first-order valence-electron chi connectivity index (χ1n) is 7.59. The molecule has 1 aliphatic rings. The average molecular weight is 288 g/mol. The van der Waals surface area contributed by atoms with Crippen LogP contribution in [0.5, 0.6) is 0 Å². The summed E-state index contributed by atoms with van der Waals surface area (Å²) in [5.41, 5.74) is 9.43. The Morgan fingerprint density at radius 3 is 2.81 bits per heavy atom. The zero-order valence-corrected chi connectivity index (χ0v) is 12.9. The van der Waals surface area contributed by atoms with Crippen LogP contribution >= 0.6 is 0 Å². The maximum atomic E-state index is 6.14. The number of ether oxygens (including phenoxy) is 1. The number of morpholine rings is 1. The number of aryl methyl sites for hydroxylation is 1. The van der Waals surface area contributed by atoms with Crippen molar-refractivity contribution >= 4 is 5.65 Å². The van der Waals surface area contributed by atoms with Gasteiger partial charge in [0, 0.05) is 43.5 Å². The summed E-state index contributed by atoms with van der Waals surface area (Å²) in [5.74, 6) is 0. The molecule has 1 saturated heterocycles. The molecule has 0 spiro atoms. The first kappa shape index (κ1) is 14.5. The van der Waals surface area contributed by atoms with Crippen molar-refractivity contribution in [2.45, 2.75) is 25.8 Å². The van der Waals surface area contributed by atoms with Crippen molar-refractivity contribution in [1.82, 2.24) is 14.3 Å². The highest BCUT2D eigenvalue weighted by Gasteiger charge is 2.33. The molecule has 3 heterocycles. The molecule has 2 aromatic heterocycles. The van der Waals surface area contributed by atoms with Crippen molar-refractivity contribution in [3.63, 3.8) is 0 Å². The summed E-state index contributed by atoms with van der Waals surface area (Å²) in [6.07, 6.45) is 2.99. The third-order valence-corrected chi connectivity index (χ3v) is 4.59.